The van der Waals surface area contributed by atoms with Crippen molar-refractivity contribution in [3.63, 3.8) is 0 Å². The average Bonchev–Trinajstić information content (AvgIpc) is 2.68. The third-order valence-electron chi connectivity index (χ3n) is 3.22. The number of hydrogen-bond donors (Lipinski definition) is 2. The molecule has 0 aliphatic rings. The fourth-order valence-corrected chi connectivity index (χ4v) is 3.87. The fraction of sp³-hybridized carbons (Fsp3) is 0.750. The van der Waals surface area contributed by atoms with Gasteiger partial charge >= 0.3 is 0 Å². The molecule has 1 unspecified atom stereocenters. The van der Waals surface area contributed by atoms with E-state index < -0.39 is 10.0 Å². The van der Waals surface area contributed by atoms with Crippen molar-refractivity contribution in [3.05, 3.63) is 11.4 Å². The molecule has 0 saturated heterocycles. The van der Waals surface area contributed by atoms with Gasteiger partial charge in [0, 0.05) is 19.6 Å². The first-order valence-electron chi connectivity index (χ1n) is 6.43. The highest BCUT2D eigenvalue weighted by Crippen LogP contribution is 2.24. The van der Waals surface area contributed by atoms with Crippen LogP contribution in [0.15, 0.2) is 4.90 Å². The Balaban J connectivity index is 3.13. The number of H-pyrrole nitrogens is 1. The first kappa shape index (κ1) is 16.1. The molecule has 6 nitrogen and oxygen atoms in total. The second kappa shape index (κ2) is 6.02. The third kappa shape index (κ3) is 3.34. The van der Waals surface area contributed by atoms with E-state index in [-0.39, 0.29) is 17.5 Å². The largest absolute Gasteiger partial charge is 0.325 e. The molecule has 19 heavy (non-hydrogen) atoms. The topological polar surface area (TPSA) is 92.1 Å². The smallest absolute Gasteiger partial charge is 0.246 e. The minimum Gasteiger partial charge on any atom is -0.325 e. The van der Waals surface area contributed by atoms with Crippen LogP contribution in [0.4, 0.5) is 0 Å². The normalized spacial score (nSPS) is 14.3. The molecular weight excluding hydrogens is 264 g/mol. The predicted octanol–water partition coefficient (Wildman–Crippen LogP) is 1.23. The lowest BCUT2D eigenvalue weighted by Gasteiger charge is -2.25. The van der Waals surface area contributed by atoms with E-state index >= 15 is 0 Å². The average molecular weight is 288 g/mol. The van der Waals surface area contributed by atoms with Crippen LogP contribution in [-0.2, 0) is 16.6 Å². The van der Waals surface area contributed by atoms with Crippen LogP contribution >= 0.6 is 0 Å². The van der Waals surface area contributed by atoms with Crippen molar-refractivity contribution in [3.8, 4) is 0 Å². The number of rotatable bonds is 6. The summed E-state index contributed by atoms with van der Waals surface area (Å²) in [5.41, 5.74) is 6.47. The van der Waals surface area contributed by atoms with Gasteiger partial charge in [0.05, 0.1) is 11.4 Å². The molecule has 3 N–H and O–H groups in total. The van der Waals surface area contributed by atoms with E-state index in [0.717, 1.165) is 6.42 Å². The first-order valence-corrected chi connectivity index (χ1v) is 7.87. The van der Waals surface area contributed by atoms with Gasteiger partial charge in [-0.2, -0.15) is 9.40 Å². The van der Waals surface area contributed by atoms with E-state index in [9.17, 15) is 8.42 Å². The van der Waals surface area contributed by atoms with Crippen LogP contribution in [0.25, 0.3) is 0 Å². The zero-order valence-corrected chi connectivity index (χ0v) is 13.1. The Morgan fingerprint density at radius 3 is 2.42 bits per heavy atom. The van der Waals surface area contributed by atoms with Gasteiger partial charge in [0.15, 0.2) is 0 Å². The molecule has 0 aromatic carbocycles. The Kier molecular flexibility index (Phi) is 5.11. The van der Waals surface area contributed by atoms with Gasteiger partial charge in [-0.05, 0) is 26.2 Å². The van der Waals surface area contributed by atoms with E-state index in [1.54, 1.807) is 14.0 Å². The minimum atomic E-state index is -3.55. The summed E-state index contributed by atoms with van der Waals surface area (Å²) in [6.45, 7) is 7.86. The highest BCUT2D eigenvalue weighted by molar-refractivity contribution is 7.89. The Bertz CT molecular complexity index is 522. The van der Waals surface area contributed by atoms with Crippen molar-refractivity contribution >= 4 is 10.0 Å². The summed E-state index contributed by atoms with van der Waals surface area (Å²) in [4.78, 5) is 0.216. The highest BCUT2D eigenvalue weighted by Gasteiger charge is 2.31. The van der Waals surface area contributed by atoms with Crippen LogP contribution in [0.1, 0.15) is 38.6 Å². The molecule has 0 radical (unpaired) electrons. The van der Waals surface area contributed by atoms with E-state index in [1.165, 1.54) is 4.31 Å². The molecule has 0 amide bonds. The molecule has 0 bridgehead atoms. The number of nitrogens with one attached hydrogen (secondary N) is 1. The van der Waals surface area contributed by atoms with Gasteiger partial charge in [0.1, 0.15) is 4.90 Å². The predicted molar refractivity (Wildman–Crippen MR) is 75.1 cm³/mol. The Morgan fingerprint density at radius 1 is 1.37 bits per heavy atom. The number of aromatic nitrogens is 2. The standard InChI is InChI=1S/C12H24N4O2S/c1-8(2)6-9(3)16(5)19(17,18)12-10(4)14-15-11(12)7-13/h8-9H,6-7,13H2,1-5H3,(H,14,15). The van der Waals surface area contributed by atoms with E-state index in [2.05, 4.69) is 24.0 Å². The second-order valence-corrected chi connectivity index (χ2v) is 7.26. The Labute approximate surface area is 115 Å². The zero-order valence-electron chi connectivity index (χ0n) is 12.3. The van der Waals surface area contributed by atoms with Crippen molar-refractivity contribution < 1.29 is 8.42 Å². The molecule has 7 heteroatoms. The molecule has 1 aromatic heterocycles. The number of nitrogens with two attached hydrogens (primary N) is 1. The molecule has 0 aliphatic carbocycles. The molecule has 1 aromatic rings. The summed E-state index contributed by atoms with van der Waals surface area (Å²) in [6, 6.07) is -0.0649. The van der Waals surface area contributed by atoms with E-state index in [0.29, 0.717) is 17.3 Å². The Morgan fingerprint density at radius 2 is 1.95 bits per heavy atom. The number of hydrogen-bond acceptors (Lipinski definition) is 4. The molecular formula is C12H24N4O2S. The molecule has 0 fully saturated rings. The highest BCUT2D eigenvalue weighted by atomic mass is 32.2. The molecule has 1 heterocycles. The summed E-state index contributed by atoms with van der Waals surface area (Å²) in [5.74, 6) is 0.437. The van der Waals surface area contributed by atoms with Crippen LogP contribution in [0, 0.1) is 12.8 Å². The number of nitrogens with zero attached hydrogens (tertiary/aromatic N) is 2. The van der Waals surface area contributed by atoms with Crippen molar-refractivity contribution in [2.45, 2.75) is 51.6 Å². The minimum absolute atomic E-state index is 0.0649. The monoisotopic (exact) mass is 288 g/mol. The summed E-state index contributed by atoms with van der Waals surface area (Å²) < 4.78 is 26.7. The van der Waals surface area contributed by atoms with Gasteiger partial charge in [-0.25, -0.2) is 8.42 Å². The van der Waals surface area contributed by atoms with Gasteiger partial charge < -0.3 is 5.73 Å². The molecule has 110 valence electrons. The van der Waals surface area contributed by atoms with Gasteiger partial charge in [-0.15, -0.1) is 0 Å². The second-order valence-electron chi connectivity index (χ2n) is 5.33. The van der Waals surface area contributed by atoms with Crippen LogP contribution in [0.5, 0.6) is 0 Å². The van der Waals surface area contributed by atoms with E-state index in [1.807, 2.05) is 6.92 Å². The molecule has 0 spiro atoms. The summed E-state index contributed by atoms with van der Waals surface area (Å²) >= 11 is 0. The van der Waals surface area contributed by atoms with E-state index in [4.69, 9.17) is 5.73 Å². The lowest BCUT2D eigenvalue weighted by atomic mass is 10.1. The Hall–Kier alpha value is -0.920. The number of sulfonamides is 1. The third-order valence-corrected chi connectivity index (χ3v) is 5.40. The van der Waals surface area contributed by atoms with Gasteiger partial charge in [-0.3, -0.25) is 5.10 Å². The molecule has 0 saturated carbocycles. The van der Waals surface area contributed by atoms with Crippen LogP contribution in [0.2, 0.25) is 0 Å². The maximum absolute atomic E-state index is 12.6. The summed E-state index contributed by atoms with van der Waals surface area (Å²) in [7, 11) is -1.95. The van der Waals surface area contributed by atoms with Crippen molar-refractivity contribution in [1.29, 1.82) is 0 Å². The van der Waals surface area contributed by atoms with Gasteiger partial charge in [0.2, 0.25) is 10.0 Å². The maximum atomic E-state index is 12.6. The lowest BCUT2D eigenvalue weighted by molar-refractivity contribution is 0.337. The zero-order chi connectivity index (χ0) is 14.8. The maximum Gasteiger partial charge on any atom is 0.246 e. The molecule has 1 rings (SSSR count). The number of aryl methyl sites for hydroxylation is 1. The number of aromatic amines is 1. The van der Waals surface area contributed by atoms with Gasteiger partial charge in [0.25, 0.3) is 0 Å². The van der Waals surface area contributed by atoms with Gasteiger partial charge in [-0.1, -0.05) is 13.8 Å². The molecule has 1 atom stereocenters. The first-order chi connectivity index (χ1) is 8.71. The summed E-state index contributed by atoms with van der Waals surface area (Å²) in [6.07, 6.45) is 0.810. The van der Waals surface area contributed by atoms with Crippen LogP contribution in [-0.4, -0.2) is 36.0 Å². The quantitative estimate of drug-likeness (QED) is 0.823. The summed E-state index contributed by atoms with van der Waals surface area (Å²) in [5, 5.41) is 6.64. The fourth-order valence-electron chi connectivity index (χ4n) is 2.16. The van der Waals surface area contributed by atoms with Crippen molar-refractivity contribution in [1.82, 2.24) is 14.5 Å². The lowest BCUT2D eigenvalue weighted by Crippen LogP contribution is -2.36. The van der Waals surface area contributed by atoms with Crippen molar-refractivity contribution in [2.75, 3.05) is 7.05 Å². The van der Waals surface area contributed by atoms with Crippen molar-refractivity contribution in [2.24, 2.45) is 11.7 Å². The molecule has 0 aliphatic heterocycles. The van der Waals surface area contributed by atoms with Crippen LogP contribution < -0.4 is 5.73 Å². The van der Waals surface area contributed by atoms with Crippen LogP contribution in [0.3, 0.4) is 0 Å². The SMILES string of the molecule is Cc1[nH]nc(CN)c1S(=O)(=O)N(C)C(C)CC(C)C.